The van der Waals surface area contributed by atoms with Crippen molar-refractivity contribution in [3.63, 3.8) is 0 Å². The second-order valence-electron chi connectivity index (χ2n) is 5.72. The Morgan fingerprint density at radius 2 is 1.57 bits per heavy atom. The predicted molar refractivity (Wildman–Crippen MR) is 56.2 cm³/mol. The van der Waals surface area contributed by atoms with Crippen LogP contribution in [-0.2, 0) is 0 Å². The first-order chi connectivity index (χ1) is 6.29. The summed E-state index contributed by atoms with van der Waals surface area (Å²) >= 11 is 0. The summed E-state index contributed by atoms with van der Waals surface area (Å²) in [7, 11) is 0. The van der Waals surface area contributed by atoms with Gasteiger partial charge < -0.3 is 10.3 Å². The molecule has 3 nitrogen and oxygen atoms in total. The van der Waals surface area contributed by atoms with E-state index in [0.717, 1.165) is 19.3 Å². The van der Waals surface area contributed by atoms with E-state index in [9.17, 15) is 5.21 Å². The van der Waals surface area contributed by atoms with Crippen LogP contribution in [0.5, 0.6) is 0 Å². The van der Waals surface area contributed by atoms with Crippen LogP contribution in [0.3, 0.4) is 0 Å². The Balaban J connectivity index is 2.75. The fourth-order valence-electron chi connectivity index (χ4n) is 2.86. The summed E-state index contributed by atoms with van der Waals surface area (Å²) in [4.78, 5) is 0. The standard InChI is InChI=1S/C11H23NO2/c1-10(2)7-9(5-6-13)8-11(3,4)12(10)14/h9,13-14H,5-8H2,1-4H3. The molecule has 0 bridgehead atoms. The van der Waals surface area contributed by atoms with Crippen molar-refractivity contribution in [1.29, 1.82) is 0 Å². The van der Waals surface area contributed by atoms with Gasteiger partial charge in [-0.05, 0) is 52.9 Å². The number of hydrogen-bond donors (Lipinski definition) is 2. The predicted octanol–water partition coefficient (Wildman–Crippen LogP) is 2.03. The van der Waals surface area contributed by atoms with E-state index in [4.69, 9.17) is 5.11 Å². The Labute approximate surface area is 86.7 Å². The molecule has 2 N–H and O–H groups in total. The lowest BCUT2D eigenvalue weighted by Crippen LogP contribution is -2.58. The Morgan fingerprint density at radius 3 is 1.93 bits per heavy atom. The molecule has 84 valence electrons. The quantitative estimate of drug-likeness (QED) is 0.718. The first kappa shape index (κ1) is 12.0. The Morgan fingerprint density at radius 1 is 1.14 bits per heavy atom. The molecule has 0 radical (unpaired) electrons. The molecule has 0 aliphatic carbocycles. The SMILES string of the molecule is CC1(C)CC(CCO)CC(C)(C)N1O. The van der Waals surface area contributed by atoms with E-state index in [1.165, 1.54) is 5.06 Å². The fourth-order valence-corrected chi connectivity index (χ4v) is 2.86. The first-order valence-corrected chi connectivity index (χ1v) is 5.40. The lowest BCUT2D eigenvalue weighted by atomic mass is 9.74. The van der Waals surface area contributed by atoms with Crippen molar-refractivity contribution in [2.24, 2.45) is 5.92 Å². The zero-order chi connectivity index (χ0) is 11.0. The number of rotatable bonds is 2. The number of nitrogens with zero attached hydrogens (tertiary/aromatic N) is 1. The van der Waals surface area contributed by atoms with Crippen LogP contribution in [0.4, 0.5) is 0 Å². The summed E-state index contributed by atoms with van der Waals surface area (Å²) in [5, 5.41) is 20.5. The van der Waals surface area contributed by atoms with Gasteiger partial charge in [-0.2, -0.15) is 5.06 Å². The highest BCUT2D eigenvalue weighted by Crippen LogP contribution is 2.40. The van der Waals surface area contributed by atoms with Crippen LogP contribution in [0, 0.1) is 5.92 Å². The third-order valence-electron chi connectivity index (χ3n) is 3.26. The number of aliphatic hydroxyl groups excluding tert-OH is 1. The molecule has 14 heavy (non-hydrogen) atoms. The molecule has 3 heteroatoms. The largest absolute Gasteiger partial charge is 0.396 e. The average molecular weight is 201 g/mol. The smallest absolute Gasteiger partial charge is 0.0433 e. The van der Waals surface area contributed by atoms with E-state index in [1.54, 1.807) is 0 Å². The van der Waals surface area contributed by atoms with Gasteiger partial charge in [-0.3, -0.25) is 0 Å². The number of hydrogen-bond acceptors (Lipinski definition) is 3. The Bertz CT molecular complexity index is 183. The Hall–Kier alpha value is -0.120. The van der Waals surface area contributed by atoms with Crippen LogP contribution in [0.15, 0.2) is 0 Å². The third kappa shape index (κ3) is 2.27. The van der Waals surface area contributed by atoms with E-state index < -0.39 is 0 Å². The zero-order valence-corrected chi connectivity index (χ0v) is 9.75. The van der Waals surface area contributed by atoms with Gasteiger partial charge in [-0.1, -0.05) is 0 Å². The van der Waals surface area contributed by atoms with Gasteiger partial charge in [-0.25, -0.2) is 0 Å². The second-order valence-corrected chi connectivity index (χ2v) is 5.72. The fraction of sp³-hybridized carbons (Fsp3) is 1.00. The number of aliphatic hydroxyl groups is 1. The molecule has 1 aliphatic rings. The van der Waals surface area contributed by atoms with Crippen LogP contribution < -0.4 is 0 Å². The maximum Gasteiger partial charge on any atom is 0.0433 e. The average Bonchev–Trinajstić information content (AvgIpc) is 1.99. The molecule has 0 aromatic carbocycles. The number of piperidine rings is 1. The molecule has 0 saturated carbocycles. The highest BCUT2D eigenvalue weighted by Gasteiger charge is 2.44. The van der Waals surface area contributed by atoms with Gasteiger partial charge in [0.25, 0.3) is 0 Å². The van der Waals surface area contributed by atoms with E-state index >= 15 is 0 Å². The maximum atomic E-state index is 10.0. The molecule has 0 atom stereocenters. The molecular formula is C11H23NO2. The maximum absolute atomic E-state index is 10.0. The molecule has 0 amide bonds. The van der Waals surface area contributed by atoms with E-state index in [0.29, 0.717) is 5.92 Å². The van der Waals surface area contributed by atoms with Gasteiger partial charge >= 0.3 is 0 Å². The topological polar surface area (TPSA) is 43.7 Å². The normalized spacial score (nSPS) is 27.9. The molecule has 1 saturated heterocycles. The summed E-state index contributed by atoms with van der Waals surface area (Å²) in [5.74, 6) is 0.522. The van der Waals surface area contributed by atoms with Crippen molar-refractivity contribution in [1.82, 2.24) is 5.06 Å². The van der Waals surface area contributed by atoms with Crippen molar-refractivity contribution in [3.8, 4) is 0 Å². The molecule has 0 aromatic heterocycles. The summed E-state index contributed by atoms with van der Waals surface area (Å²) in [6.45, 7) is 8.47. The summed E-state index contributed by atoms with van der Waals surface area (Å²) in [6.07, 6.45) is 2.75. The molecular weight excluding hydrogens is 178 g/mol. The van der Waals surface area contributed by atoms with Gasteiger partial charge in [0, 0.05) is 17.7 Å². The van der Waals surface area contributed by atoms with E-state index in [1.807, 2.05) is 0 Å². The van der Waals surface area contributed by atoms with Crippen LogP contribution in [-0.4, -0.2) is 33.1 Å². The van der Waals surface area contributed by atoms with Gasteiger partial charge in [0.1, 0.15) is 0 Å². The minimum Gasteiger partial charge on any atom is -0.396 e. The highest BCUT2D eigenvalue weighted by atomic mass is 16.5. The molecule has 0 aromatic rings. The lowest BCUT2D eigenvalue weighted by Gasteiger charge is -2.51. The summed E-state index contributed by atoms with van der Waals surface area (Å²) in [5.41, 5.74) is -0.358. The minimum atomic E-state index is -0.179. The Kier molecular flexibility index (Phi) is 3.24. The second kappa shape index (κ2) is 3.80. The minimum absolute atomic E-state index is 0.179. The van der Waals surface area contributed by atoms with E-state index in [2.05, 4.69) is 27.7 Å². The molecule has 1 aliphatic heterocycles. The zero-order valence-electron chi connectivity index (χ0n) is 9.75. The molecule has 1 fully saturated rings. The van der Waals surface area contributed by atoms with Crippen molar-refractivity contribution >= 4 is 0 Å². The van der Waals surface area contributed by atoms with Crippen LogP contribution in [0.2, 0.25) is 0 Å². The van der Waals surface area contributed by atoms with Gasteiger partial charge in [0.15, 0.2) is 0 Å². The van der Waals surface area contributed by atoms with Gasteiger partial charge in [0.2, 0.25) is 0 Å². The van der Waals surface area contributed by atoms with Crippen LogP contribution >= 0.6 is 0 Å². The van der Waals surface area contributed by atoms with Crippen molar-refractivity contribution < 1.29 is 10.3 Å². The monoisotopic (exact) mass is 201 g/mol. The number of hydroxylamine groups is 2. The molecule has 1 heterocycles. The van der Waals surface area contributed by atoms with Crippen molar-refractivity contribution in [2.75, 3.05) is 6.61 Å². The van der Waals surface area contributed by atoms with Gasteiger partial charge in [0.05, 0.1) is 0 Å². The molecule has 0 spiro atoms. The van der Waals surface area contributed by atoms with Gasteiger partial charge in [-0.15, -0.1) is 0 Å². The van der Waals surface area contributed by atoms with E-state index in [-0.39, 0.29) is 17.7 Å². The summed E-state index contributed by atoms with van der Waals surface area (Å²) in [6, 6.07) is 0. The lowest BCUT2D eigenvalue weighted by molar-refractivity contribution is -0.251. The highest BCUT2D eigenvalue weighted by molar-refractivity contribution is 4.95. The third-order valence-corrected chi connectivity index (χ3v) is 3.26. The van der Waals surface area contributed by atoms with Crippen molar-refractivity contribution in [2.45, 2.75) is 58.0 Å². The first-order valence-electron chi connectivity index (χ1n) is 5.40. The van der Waals surface area contributed by atoms with Crippen molar-refractivity contribution in [3.05, 3.63) is 0 Å². The molecule has 0 unspecified atom stereocenters. The molecule has 1 rings (SSSR count). The van der Waals surface area contributed by atoms with Crippen LogP contribution in [0.1, 0.15) is 47.0 Å². The summed E-state index contributed by atoms with van der Waals surface area (Å²) < 4.78 is 0. The van der Waals surface area contributed by atoms with Crippen LogP contribution in [0.25, 0.3) is 0 Å².